The van der Waals surface area contributed by atoms with Crippen LogP contribution in [0.3, 0.4) is 0 Å². The van der Waals surface area contributed by atoms with E-state index >= 15 is 0 Å². The van der Waals surface area contributed by atoms with Crippen LogP contribution in [0.2, 0.25) is 0 Å². The molecule has 0 aliphatic heterocycles. The second-order valence-electron chi connectivity index (χ2n) is 2.55. The van der Waals surface area contributed by atoms with Crippen molar-refractivity contribution in [2.45, 2.75) is 0 Å². The van der Waals surface area contributed by atoms with Gasteiger partial charge >= 0.3 is 0 Å². The Hall–Kier alpha value is -1.20. The van der Waals surface area contributed by atoms with Crippen LogP contribution in [-0.2, 0) is 0 Å². The molecule has 2 heterocycles. The fourth-order valence-corrected chi connectivity index (χ4v) is 2.33. The van der Waals surface area contributed by atoms with Crippen LogP contribution in [-0.4, -0.2) is 17.9 Å². The SMILES string of the molecule is COc1csc(C(=O)c2cscn2)c1. The first kappa shape index (κ1) is 9.36. The second-order valence-corrected chi connectivity index (χ2v) is 4.18. The number of thiazole rings is 1. The molecule has 14 heavy (non-hydrogen) atoms. The molecule has 0 bridgehead atoms. The number of thiophene rings is 1. The van der Waals surface area contributed by atoms with Crippen molar-refractivity contribution in [2.75, 3.05) is 7.11 Å². The first-order valence-electron chi connectivity index (χ1n) is 3.86. The molecular formula is C9H7NO2S2. The Kier molecular flexibility index (Phi) is 2.60. The van der Waals surface area contributed by atoms with E-state index in [-0.39, 0.29) is 5.78 Å². The summed E-state index contributed by atoms with van der Waals surface area (Å²) in [6.45, 7) is 0. The van der Waals surface area contributed by atoms with Gasteiger partial charge in [-0.25, -0.2) is 4.98 Å². The topological polar surface area (TPSA) is 39.2 Å². The summed E-state index contributed by atoms with van der Waals surface area (Å²) >= 11 is 2.79. The van der Waals surface area contributed by atoms with Crippen LogP contribution in [0.15, 0.2) is 22.3 Å². The van der Waals surface area contributed by atoms with Crippen molar-refractivity contribution in [3.05, 3.63) is 32.9 Å². The summed E-state index contributed by atoms with van der Waals surface area (Å²) in [5, 5.41) is 3.55. The fourth-order valence-electron chi connectivity index (χ4n) is 0.996. The van der Waals surface area contributed by atoms with Gasteiger partial charge in [0.2, 0.25) is 5.78 Å². The van der Waals surface area contributed by atoms with Gasteiger partial charge in [-0.3, -0.25) is 4.79 Å². The van der Waals surface area contributed by atoms with Gasteiger partial charge in [-0.1, -0.05) is 0 Å². The Morgan fingerprint density at radius 1 is 1.50 bits per heavy atom. The highest BCUT2D eigenvalue weighted by Gasteiger charge is 2.13. The van der Waals surface area contributed by atoms with Crippen LogP contribution in [0.4, 0.5) is 0 Å². The zero-order valence-electron chi connectivity index (χ0n) is 7.39. The maximum atomic E-state index is 11.7. The summed E-state index contributed by atoms with van der Waals surface area (Å²) in [6.07, 6.45) is 0. The molecule has 0 aromatic carbocycles. The molecular weight excluding hydrogens is 218 g/mol. The van der Waals surface area contributed by atoms with E-state index in [2.05, 4.69) is 4.98 Å². The second kappa shape index (κ2) is 3.89. The van der Waals surface area contributed by atoms with Crippen molar-refractivity contribution in [2.24, 2.45) is 0 Å². The summed E-state index contributed by atoms with van der Waals surface area (Å²) in [4.78, 5) is 16.4. The Morgan fingerprint density at radius 2 is 2.36 bits per heavy atom. The molecule has 0 radical (unpaired) electrons. The van der Waals surface area contributed by atoms with E-state index in [1.54, 1.807) is 29.4 Å². The molecule has 0 amide bonds. The molecule has 72 valence electrons. The first-order valence-corrected chi connectivity index (χ1v) is 5.69. The van der Waals surface area contributed by atoms with Gasteiger partial charge < -0.3 is 4.74 Å². The number of nitrogens with zero attached hydrogens (tertiary/aromatic N) is 1. The maximum absolute atomic E-state index is 11.7. The molecule has 0 saturated carbocycles. The van der Waals surface area contributed by atoms with Gasteiger partial charge in [0.15, 0.2) is 0 Å². The summed E-state index contributed by atoms with van der Waals surface area (Å²) in [5.41, 5.74) is 2.15. The van der Waals surface area contributed by atoms with Gasteiger partial charge in [-0.05, 0) is 0 Å². The van der Waals surface area contributed by atoms with Crippen molar-refractivity contribution >= 4 is 28.5 Å². The Bertz CT molecular complexity index is 433. The number of carbonyl (C=O) groups is 1. The average Bonchev–Trinajstić information content (AvgIpc) is 2.88. The van der Waals surface area contributed by atoms with Gasteiger partial charge in [0.25, 0.3) is 0 Å². The minimum Gasteiger partial charge on any atom is -0.496 e. The molecule has 0 saturated heterocycles. The number of ether oxygens (including phenoxy) is 1. The van der Waals surface area contributed by atoms with Crippen LogP contribution in [0.25, 0.3) is 0 Å². The van der Waals surface area contributed by atoms with Crippen LogP contribution >= 0.6 is 22.7 Å². The van der Waals surface area contributed by atoms with Gasteiger partial charge in [0.05, 0.1) is 17.5 Å². The van der Waals surface area contributed by atoms with E-state index in [9.17, 15) is 4.79 Å². The molecule has 3 nitrogen and oxygen atoms in total. The van der Waals surface area contributed by atoms with E-state index in [0.29, 0.717) is 16.3 Å². The summed E-state index contributed by atoms with van der Waals surface area (Å²) in [7, 11) is 1.58. The fraction of sp³-hybridized carbons (Fsp3) is 0.111. The number of methoxy groups -OCH3 is 1. The third kappa shape index (κ3) is 1.69. The van der Waals surface area contributed by atoms with Gasteiger partial charge in [-0.2, -0.15) is 0 Å². The predicted molar refractivity (Wildman–Crippen MR) is 56.4 cm³/mol. The van der Waals surface area contributed by atoms with Crippen LogP contribution in [0.5, 0.6) is 5.75 Å². The molecule has 2 rings (SSSR count). The molecule has 0 aliphatic rings. The lowest BCUT2D eigenvalue weighted by molar-refractivity contribution is 0.103. The van der Waals surface area contributed by atoms with Crippen LogP contribution < -0.4 is 4.74 Å². The Morgan fingerprint density at radius 3 is 2.93 bits per heavy atom. The van der Waals surface area contributed by atoms with E-state index in [4.69, 9.17) is 4.74 Å². The predicted octanol–water partition coefficient (Wildman–Crippen LogP) is 2.44. The van der Waals surface area contributed by atoms with Gasteiger partial charge in [0, 0.05) is 16.8 Å². The highest BCUT2D eigenvalue weighted by molar-refractivity contribution is 7.12. The molecule has 0 fully saturated rings. The normalized spacial score (nSPS) is 10.1. The molecule has 0 aliphatic carbocycles. The van der Waals surface area contributed by atoms with E-state index < -0.39 is 0 Å². The lowest BCUT2D eigenvalue weighted by Gasteiger charge is -1.91. The number of ketones is 1. The number of hydrogen-bond acceptors (Lipinski definition) is 5. The number of aromatic nitrogens is 1. The minimum absolute atomic E-state index is 0.0421. The van der Waals surface area contributed by atoms with Crippen molar-refractivity contribution < 1.29 is 9.53 Å². The zero-order chi connectivity index (χ0) is 9.97. The maximum Gasteiger partial charge on any atom is 0.222 e. The quantitative estimate of drug-likeness (QED) is 0.753. The molecule has 2 aromatic heterocycles. The number of carbonyl (C=O) groups excluding carboxylic acids is 1. The minimum atomic E-state index is -0.0421. The van der Waals surface area contributed by atoms with Crippen molar-refractivity contribution in [3.8, 4) is 5.75 Å². The van der Waals surface area contributed by atoms with E-state index in [0.717, 1.165) is 0 Å². The molecule has 2 aromatic rings. The van der Waals surface area contributed by atoms with Crippen molar-refractivity contribution in [1.29, 1.82) is 0 Å². The smallest absolute Gasteiger partial charge is 0.222 e. The van der Waals surface area contributed by atoms with E-state index in [1.807, 2.05) is 0 Å². The van der Waals surface area contributed by atoms with Gasteiger partial charge in [0.1, 0.15) is 11.4 Å². The van der Waals surface area contributed by atoms with Gasteiger partial charge in [-0.15, -0.1) is 22.7 Å². The zero-order valence-corrected chi connectivity index (χ0v) is 9.02. The van der Waals surface area contributed by atoms with Crippen molar-refractivity contribution in [1.82, 2.24) is 4.98 Å². The first-order chi connectivity index (χ1) is 6.81. The molecule has 0 N–H and O–H groups in total. The largest absolute Gasteiger partial charge is 0.496 e. The monoisotopic (exact) mass is 225 g/mol. The Labute approximate surface area is 89.0 Å². The molecule has 5 heteroatoms. The third-order valence-corrected chi connectivity index (χ3v) is 3.19. The van der Waals surface area contributed by atoms with Crippen LogP contribution in [0, 0.1) is 0 Å². The Balaban J connectivity index is 2.28. The average molecular weight is 225 g/mol. The molecule has 0 atom stereocenters. The standard InChI is InChI=1S/C9H7NO2S2/c1-12-6-2-8(14-3-6)9(11)7-4-13-5-10-7/h2-5H,1H3. The van der Waals surface area contributed by atoms with Crippen molar-refractivity contribution in [3.63, 3.8) is 0 Å². The summed E-state index contributed by atoms with van der Waals surface area (Å²) in [6, 6.07) is 1.73. The summed E-state index contributed by atoms with van der Waals surface area (Å²) in [5.74, 6) is 0.674. The molecule has 0 unspecified atom stereocenters. The van der Waals surface area contributed by atoms with Crippen LogP contribution in [0.1, 0.15) is 15.4 Å². The lowest BCUT2D eigenvalue weighted by Crippen LogP contribution is -1.97. The highest BCUT2D eigenvalue weighted by Crippen LogP contribution is 2.23. The third-order valence-electron chi connectivity index (χ3n) is 1.70. The lowest BCUT2D eigenvalue weighted by atomic mass is 10.2. The summed E-state index contributed by atoms with van der Waals surface area (Å²) < 4.78 is 5.00. The van der Waals surface area contributed by atoms with E-state index in [1.165, 1.54) is 22.7 Å². The highest BCUT2D eigenvalue weighted by atomic mass is 32.1. The molecule has 0 spiro atoms. The number of rotatable bonds is 3. The number of hydrogen-bond donors (Lipinski definition) is 0.